The normalized spacial score (nSPS) is 18.5. The molecular weight excluding hydrogens is 492 g/mol. The van der Waals surface area contributed by atoms with Crippen LogP contribution < -0.4 is 26.8 Å². The number of nitrogens with zero attached hydrogens (tertiary/aromatic N) is 3. The molecule has 0 saturated carbocycles. The van der Waals surface area contributed by atoms with Crippen molar-refractivity contribution in [1.82, 2.24) is 19.7 Å². The molecule has 2 atom stereocenters. The van der Waals surface area contributed by atoms with Crippen LogP contribution in [0, 0.1) is 5.92 Å². The number of nitrogen functional groups attached to an aromatic ring is 2. The van der Waals surface area contributed by atoms with Gasteiger partial charge in [-0.3, -0.25) is 9.58 Å². The SMILES string of the molecule is CC(C)COC(=O)N1CCc2c([nH]c3c2=CC(Cl)CC=3)C1c1ccc(OCCn2cc(N)c(N)n2)cc1. The summed E-state index contributed by atoms with van der Waals surface area (Å²) in [5, 5.41) is 6.35. The van der Waals surface area contributed by atoms with Gasteiger partial charge in [0.05, 0.1) is 30.4 Å². The number of alkyl halides is 1. The number of aromatic amines is 1. The van der Waals surface area contributed by atoms with Crippen molar-refractivity contribution in [1.29, 1.82) is 0 Å². The van der Waals surface area contributed by atoms with Crippen LogP contribution in [0.5, 0.6) is 5.75 Å². The molecular formula is C27H33ClN6O3. The highest BCUT2D eigenvalue weighted by Crippen LogP contribution is 2.34. The van der Waals surface area contributed by atoms with Crippen LogP contribution in [0.1, 0.15) is 43.1 Å². The number of hydrogen-bond donors (Lipinski definition) is 3. The Morgan fingerprint density at radius 3 is 2.76 bits per heavy atom. The van der Waals surface area contributed by atoms with Crippen molar-refractivity contribution < 1.29 is 14.3 Å². The van der Waals surface area contributed by atoms with Crippen LogP contribution in [-0.4, -0.2) is 50.9 Å². The van der Waals surface area contributed by atoms with Gasteiger partial charge in [0.25, 0.3) is 0 Å². The third kappa shape index (κ3) is 5.27. The van der Waals surface area contributed by atoms with Gasteiger partial charge in [-0.15, -0.1) is 11.6 Å². The second-order valence-corrected chi connectivity index (χ2v) is 10.5. The first-order valence-corrected chi connectivity index (χ1v) is 13.0. The summed E-state index contributed by atoms with van der Waals surface area (Å²) < 4.78 is 13.2. The van der Waals surface area contributed by atoms with E-state index in [9.17, 15) is 4.79 Å². The van der Waals surface area contributed by atoms with Gasteiger partial charge in [-0.05, 0) is 42.0 Å². The Balaban J connectivity index is 1.39. The Labute approximate surface area is 220 Å². The molecule has 2 aliphatic rings. The average Bonchev–Trinajstić information content (AvgIpc) is 3.40. The first-order valence-electron chi connectivity index (χ1n) is 12.6. The topological polar surface area (TPSA) is 124 Å². The maximum Gasteiger partial charge on any atom is 0.410 e. The average molecular weight is 525 g/mol. The van der Waals surface area contributed by atoms with Gasteiger partial charge in [0, 0.05) is 22.8 Å². The molecule has 0 spiro atoms. The number of hydrogen-bond acceptors (Lipinski definition) is 6. The van der Waals surface area contributed by atoms with Crippen molar-refractivity contribution in [2.24, 2.45) is 5.92 Å². The van der Waals surface area contributed by atoms with Crippen molar-refractivity contribution in [2.45, 2.75) is 44.7 Å². The van der Waals surface area contributed by atoms with Crippen molar-refractivity contribution in [3.05, 3.63) is 57.9 Å². The molecule has 5 N–H and O–H groups in total. The summed E-state index contributed by atoms with van der Waals surface area (Å²) in [4.78, 5) is 18.6. The summed E-state index contributed by atoms with van der Waals surface area (Å²) in [5.74, 6) is 1.30. The fourth-order valence-corrected chi connectivity index (χ4v) is 5.09. The predicted molar refractivity (Wildman–Crippen MR) is 145 cm³/mol. The number of carbonyl (C=O) groups is 1. The molecule has 0 fully saturated rings. The van der Waals surface area contributed by atoms with Crippen molar-refractivity contribution in [3.63, 3.8) is 0 Å². The number of rotatable bonds is 7. The molecule has 2 aromatic heterocycles. The monoisotopic (exact) mass is 524 g/mol. The van der Waals surface area contributed by atoms with Gasteiger partial charge in [-0.2, -0.15) is 5.10 Å². The number of aromatic nitrogens is 3. The molecule has 10 heteroatoms. The summed E-state index contributed by atoms with van der Waals surface area (Å²) in [6, 6.07) is 7.54. The molecule has 1 amide bonds. The largest absolute Gasteiger partial charge is 0.492 e. The number of anilines is 2. The smallest absolute Gasteiger partial charge is 0.410 e. The Bertz CT molecular complexity index is 1380. The van der Waals surface area contributed by atoms with Gasteiger partial charge < -0.3 is 25.9 Å². The van der Waals surface area contributed by atoms with Gasteiger partial charge in [-0.1, -0.05) is 38.1 Å². The third-order valence-electron chi connectivity index (χ3n) is 6.67. The van der Waals surface area contributed by atoms with Gasteiger partial charge in [0.15, 0.2) is 5.82 Å². The minimum atomic E-state index is -0.307. The molecule has 3 aromatic rings. The van der Waals surface area contributed by atoms with E-state index in [2.05, 4.69) is 22.2 Å². The molecule has 0 radical (unpaired) electrons. The molecule has 9 nitrogen and oxygen atoms in total. The molecule has 1 aromatic carbocycles. The lowest BCUT2D eigenvalue weighted by Gasteiger charge is -2.35. The Morgan fingerprint density at radius 1 is 1.27 bits per heavy atom. The van der Waals surface area contributed by atoms with E-state index in [1.54, 1.807) is 10.9 Å². The zero-order chi connectivity index (χ0) is 26.1. The Morgan fingerprint density at radius 2 is 2.05 bits per heavy atom. The molecule has 1 aliphatic carbocycles. The molecule has 2 unspecified atom stereocenters. The summed E-state index contributed by atoms with van der Waals surface area (Å²) in [6.45, 7) is 5.94. The molecule has 196 valence electrons. The molecule has 3 heterocycles. The number of carbonyl (C=O) groups excluding carboxylic acids is 1. The standard InChI is InChI=1S/C27H33ClN6O3/c1-16(2)15-37-27(35)34-10-9-20-21-13-18(28)5-8-23(21)31-24(20)25(34)17-3-6-19(7-4-17)36-12-11-33-14-22(29)26(30)32-33/h3-4,6-8,13-14,16,18,25,31H,5,9-12,15,29H2,1-2H3,(H2,30,32). The maximum absolute atomic E-state index is 13.2. The van der Waals surface area contributed by atoms with Gasteiger partial charge in [0.2, 0.25) is 0 Å². The summed E-state index contributed by atoms with van der Waals surface area (Å²) >= 11 is 6.44. The lowest BCUT2D eigenvalue weighted by Crippen LogP contribution is -2.42. The van der Waals surface area contributed by atoms with Crippen LogP contribution >= 0.6 is 11.6 Å². The van der Waals surface area contributed by atoms with E-state index in [-0.39, 0.29) is 23.4 Å². The van der Waals surface area contributed by atoms with Crippen LogP contribution in [0.4, 0.5) is 16.3 Å². The number of benzene rings is 1. The lowest BCUT2D eigenvalue weighted by atomic mass is 9.92. The summed E-state index contributed by atoms with van der Waals surface area (Å²) in [6.07, 6.45) is 7.16. The number of fused-ring (bicyclic) bond motifs is 3. The summed E-state index contributed by atoms with van der Waals surface area (Å²) in [5.41, 5.74) is 15.1. The highest BCUT2D eigenvalue weighted by molar-refractivity contribution is 6.24. The van der Waals surface area contributed by atoms with E-state index >= 15 is 0 Å². The molecule has 0 saturated heterocycles. The first kappa shape index (κ1) is 25.1. The Kier molecular flexibility index (Phi) is 7.06. The van der Waals surface area contributed by atoms with E-state index < -0.39 is 0 Å². The fraction of sp³-hybridized carbons (Fsp3) is 0.407. The summed E-state index contributed by atoms with van der Waals surface area (Å²) in [7, 11) is 0. The highest BCUT2D eigenvalue weighted by Gasteiger charge is 2.35. The predicted octanol–water partition coefficient (Wildman–Crippen LogP) is 2.77. The van der Waals surface area contributed by atoms with Crippen molar-refractivity contribution in [3.8, 4) is 5.75 Å². The minimum Gasteiger partial charge on any atom is -0.492 e. The number of ether oxygens (including phenoxy) is 2. The molecule has 37 heavy (non-hydrogen) atoms. The quantitative estimate of drug-likeness (QED) is 0.408. The number of amides is 1. The highest BCUT2D eigenvalue weighted by atomic mass is 35.5. The van der Waals surface area contributed by atoms with Crippen molar-refractivity contribution in [2.75, 3.05) is 31.2 Å². The van der Waals surface area contributed by atoms with E-state index in [0.29, 0.717) is 37.8 Å². The third-order valence-corrected chi connectivity index (χ3v) is 6.98. The van der Waals surface area contributed by atoms with E-state index in [4.69, 9.17) is 32.5 Å². The van der Waals surface area contributed by atoms with Crippen molar-refractivity contribution >= 4 is 41.4 Å². The van der Waals surface area contributed by atoms with Crippen LogP contribution in [0.3, 0.4) is 0 Å². The molecule has 0 bridgehead atoms. The van der Waals surface area contributed by atoms with Crippen LogP contribution in [-0.2, 0) is 17.7 Å². The maximum atomic E-state index is 13.2. The number of nitrogens with one attached hydrogen (secondary N) is 1. The molecule has 5 rings (SSSR count). The number of nitrogens with two attached hydrogens (primary N) is 2. The Hall–Kier alpha value is -3.59. The van der Waals surface area contributed by atoms with E-state index in [1.807, 2.05) is 43.0 Å². The number of H-pyrrole nitrogens is 1. The first-order chi connectivity index (χ1) is 17.8. The van der Waals surface area contributed by atoms with Gasteiger partial charge in [-0.25, -0.2) is 4.79 Å². The van der Waals surface area contributed by atoms with E-state index in [0.717, 1.165) is 40.4 Å². The van der Waals surface area contributed by atoms with Crippen LogP contribution in [0.15, 0.2) is 30.5 Å². The zero-order valence-electron chi connectivity index (χ0n) is 21.1. The van der Waals surface area contributed by atoms with Crippen LogP contribution in [0.25, 0.3) is 12.2 Å². The molecule has 1 aliphatic heterocycles. The zero-order valence-corrected chi connectivity index (χ0v) is 21.9. The lowest BCUT2D eigenvalue weighted by molar-refractivity contribution is 0.0796. The van der Waals surface area contributed by atoms with E-state index in [1.165, 1.54) is 5.56 Å². The van der Waals surface area contributed by atoms with Gasteiger partial charge in [0.1, 0.15) is 18.4 Å². The van der Waals surface area contributed by atoms with Crippen LogP contribution in [0.2, 0.25) is 0 Å². The fourth-order valence-electron chi connectivity index (χ4n) is 4.88. The second kappa shape index (κ2) is 10.4. The minimum absolute atomic E-state index is 0.0223. The second-order valence-electron chi connectivity index (χ2n) is 9.93. The van der Waals surface area contributed by atoms with Gasteiger partial charge >= 0.3 is 6.09 Å². The number of halogens is 1.